The van der Waals surface area contributed by atoms with Crippen molar-refractivity contribution in [1.82, 2.24) is 4.90 Å². The number of hydrogen-bond donors (Lipinski definition) is 1. The molecule has 0 bridgehead atoms. The SMILES string of the molecule is CO[C@H]1CC[C@]2(CC1)Cc1ccc(CCC(C)C)cc1C21N=C(N)N(CC(F)(F)F)C1=O. The summed E-state index contributed by atoms with van der Waals surface area (Å²) in [6.07, 6.45) is 0.795. The quantitative estimate of drug-likeness (QED) is 0.725. The van der Waals surface area contributed by atoms with Crippen LogP contribution in [-0.4, -0.2) is 42.7 Å². The van der Waals surface area contributed by atoms with E-state index in [0.717, 1.165) is 42.4 Å². The molecule has 1 heterocycles. The first-order valence-corrected chi connectivity index (χ1v) is 11.4. The fraction of sp³-hybridized carbons (Fsp3) is 0.667. The van der Waals surface area contributed by atoms with Crippen LogP contribution in [0.3, 0.4) is 0 Å². The van der Waals surface area contributed by atoms with Crippen LogP contribution in [0.5, 0.6) is 0 Å². The highest BCUT2D eigenvalue weighted by atomic mass is 19.4. The van der Waals surface area contributed by atoms with Crippen LogP contribution < -0.4 is 5.73 Å². The molecule has 5 nitrogen and oxygen atoms in total. The molecule has 0 aromatic heterocycles. The van der Waals surface area contributed by atoms with Gasteiger partial charge in [0.15, 0.2) is 11.5 Å². The van der Waals surface area contributed by atoms with Crippen molar-refractivity contribution in [2.75, 3.05) is 13.7 Å². The standard InChI is InChI=1S/C24H32F3N3O2/c1-15(2)4-5-16-6-7-17-13-22(10-8-18(32-3)9-11-22)24(19(17)12-16)20(31)30(21(28)29-24)14-23(25,26)27/h6-7,12,15,18H,4-5,8-11,13-14H2,1-3H3,(H2,28,29)/t18-,22-,24?. The van der Waals surface area contributed by atoms with Crippen LogP contribution in [0.1, 0.15) is 62.6 Å². The maximum absolute atomic E-state index is 13.8. The molecule has 1 unspecified atom stereocenters. The van der Waals surface area contributed by atoms with E-state index >= 15 is 0 Å². The number of aliphatic imine (C=N–C) groups is 1. The van der Waals surface area contributed by atoms with Gasteiger partial charge in [0, 0.05) is 12.5 Å². The number of carbonyl (C=O) groups is 1. The molecule has 2 aliphatic carbocycles. The number of hydrogen-bond acceptors (Lipinski definition) is 4. The fourth-order valence-corrected chi connectivity index (χ4v) is 5.85. The lowest BCUT2D eigenvalue weighted by Gasteiger charge is -2.45. The molecular weight excluding hydrogens is 419 g/mol. The summed E-state index contributed by atoms with van der Waals surface area (Å²) in [6, 6.07) is 6.12. The molecule has 2 N–H and O–H groups in total. The summed E-state index contributed by atoms with van der Waals surface area (Å²) < 4.78 is 45.4. The second-order valence-electron chi connectivity index (χ2n) is 10.0. The van der Waals surface area contributed by atoms with Gasteiger partial charge in [0.05, 0.1) is 6.10 Å². The summed E-state index contributed by atoms with van der Waals surface area (Å²) in [5.41, 5.74) is 6.85. The van der Waals surface area contributed by atoms with E-state index in [1.807, 2.05) is 12.1 Å². The van der Waals surface area contributed by atoms with Crippen LogP contribution in [-0.2, 0) is 27.9 Å². The van der Waals surface area contributed by atoms with Gasteiger partial charge < -0.3 is 10.5 Å². The maximum atomic E-state index is 13.8. The van der Waals surface area contributed by atoms with E-state index in [9.17, 15) is 18.0 Å². The van der Waals surface area contributed by atoms with Gasteiger partial charge in [-0.05, 0) is 67.6 Å². The molecule has 0 saturated heterocycles. The largest absolute Gasteiger partial charge is 0.406 e. The third kappa shape index (κ3) is 3.70. The van der Waals surface area contributed by atoms with E-state index in [4.69, 9.17) is 10.5 Å². The predicted molar refractivity (Wildman–Crippen MR) is 116 cm³/mol. The highest BCUT2D eigenvalue weighted by molar-refractivity contribution is 6.08. The minimum Gasteiger partial charge on any atom is -0.381 e. The molecule has 3 aliphatic rings. The first-order chi connectivity index (χ1) is 15.0. The minimum atomic E-state index is -4.55. The Hall–Kier alpha value is -2.09. The van der Waals surface area contributed by atoms with Crippen molar-refractivity contribution in [3.8, 4) is 0 Å². The number of rotatable bonds is 5. The summed E-state index contributed by atoms with van der Waals surface area (Å²) in [5, 5.41) is 0. The zero-order valence-corrected chi connectivity index (χ0v) is 19.0. The second-order valence-corrected chi connectivity index (χ2v) is 10.0. The molecule has 1 aromatic carbocycles. The molecule has 1 amide bonds. The maximum Gasteiger partial charge on any atom is 0.406 e. The normalized spacial score (nSPS) is 30.0. The average Bonchev–Trinajstić information content (AvgIpc) is 3.13. The second kappa shape index (κ2) is 8.04. The molecule has 0 radical (unpaired) electrons. The van der Waals surface area contributed by atoms with Gasteiger partial charge in [-0.1, -0.05) is 32.0 Å². The number of methoxy groups -OCH3 is 1. The van der Waals surface area contributed by atoms with Crippen LogP contribution in [0.15, 0.2) is 23.2 Å². The number of halogens is 3. The van der Waals surface area contributed by atoms with Gasteiger partial charge in [0.1, 0.15) is 6.54 Å². The number of ether oxygens (including phenoxy) is 1. The minimum absolute atomic E-state index is 0.0899. The predicted octanol–water partition coefficient (Wildman–Crippen LogP) is 4.32. The van der Waals surface area contributed by atoms with E-state index in [-0.39, 0.29) is 12.1 Å². The van der Waals surface area contributed by atoms with E-state index in [1.165, 1.54) is 0 Å². The molecule has 8 heteroatoms. The third-order valence-electron chi connectivity index (χ3n) is 7.54. The van der Waals surface area contributed by atoms with Gasteiger partial charge in [-0.3, -0.25) is 9.69 Å². The van der Waals surface area contributed by atoms with Crippen molar-refractivity contribution in [2.24, 2.45) is 22.1 Å². The summed E-state index contributed by atoms with van der Waals surface area (Å²) in [7, 11) is 1.67. The molecular formula is C24H32F3N3O2. The van der Waals surface area contributed by atoms with E-state index in [2.05, 4.69) is 24.9 Å². The Labute approximate surface area is 187 Å². The smallest absolute Gasteiger partial charge is 0.381 e. The number of amides is 1. The van der Waals surface area contributed by atoms with E-state index in [0.29, 0.717) is 30.1 Å². The lowest BCUT2D eigenvalue weighted by molar-refractivity contribution is -0.158. The molecule has 2 spiro atoms. The molecule has 1 aliphatic heterocycles. The van der Waals surface area contributed by atoms with Crippen molar-refractivity contribution in [2.45, 2.75) is 76.6 Å². The Kier molecular flexibility index (Phi) is 5.80. The van der Waals surface area contributed by atoms with Crippen molar-refractivity contribution < 1.29 is 22.7 Å². The van der Waals surface area contributed by atoms with Crippen LogP contribution in [0.25, 0.3) is 0 Å². The summed E-state index contributed by atoms with van der Waals surface area (Å²) >= 11 is 0. The molecule has 176 valence electrons. The number of alkyl halides is 3. The van der Waals surface area contributed by atoms with Gasteiger partial charge in [0.25, 0.3) is 5.91 Å². The third-order valence-corrected chi connectivity index (χ3v) is 7.54. The number of guanidine groups is 1. The molecule has 4 rings (SSSR count). The zero-order chi connectivity index (χ0) is 23.3. The number of nitrogens with two attached hydrogens (primary N) is 1. The van der Waals surface area contributed by atoms with E-state index in [1.54, 1.807) is 7.11 Å². The first-order valence-electron chi connectivity index (χ1n) is 11.4. The average molecular weight is 452 g/mol. The van der Waals surface area contributed by atoms with Gasteiger partial charge in [-0.25, -0.2) is 4.99 Å². The monoisotopic (exact) mass is 451 g/mol. The Morgan fingerprint density at radius 2 is 1.97 bits per heavy atom. The first kappa shape index (κ1) is 23.1. The molecule has 1 saturated carbocycles. The van der Waals surface area contributed by atoms with Crippen molar-refractivity contribution >= 4 is 11.9 Å². The van der Waals surface area contributed by atoms with Crippen LogP contribution in [0.4, 0.5) is 13.2 Å². The lowest BCUT2D eigenvalue weighted by atomic mass is 9.61. The number of carbonyl (C=O) groups excluding carboxylic acids is 1. The van der Waals surface area contributed by atoms with Crippen LogP contribution in [0.2, 0.25) is 0 Å². The van der Waals surface area contributed by atoms with Gasteiger partial charge in [-0.2, -0.15) is 13.2 Å². The summed E-state index contributed by atoms with van der Waals surface area (Å²) in [6.45, 7) is 2.89. The number of benzene rings is 1. The van der Waals surface area contributed by atoms with Gasteiger partial charge >= 0.3 is 6.18 Å². The Morgan fingerprint density at radius 1 is 1.28 bits per heavy atom. The number of aryl methyl sites for hydroxylation is 1. The Morgan fingerprint density at radius 3 is 2.56 bits per heavy atom. The molecule has 1 atom stereocenters. The molecule has 1 aromatic rings. The zero-order valence-electron chi connectivity index (χ0n) is 19.0. The van der Waals surface area contributed by atoms with E-state index < -0.39 is 29.6 Å². The summed E-state index contributed by atoms with van der Waals surface area (Å²) in [4.78, 5) is 19.0. The highest BCUT2D eigenvalue weighted by Crippen LogP contribution is 2.62. The van der Waals surface area contributed by atoms with Crippen molar-refractivity contribution in [1.29, 1.82) is 0 Å². The topological polar surface area (TPSA) is 67.9 Å². The summed E-state index contributed by atoms with van der Waals surface area (Å²) in [5.74, 6) is -0.444. The number of nitrogens with zero attached hydrogens (tertiary/aromatic N) is 2. The molecule has 32 heavy (non-hydrogen) atoms. The van der Waals surface area contributed by atoms with Crippen molar-refractivity contribution in [3.63, 3.8) is 0 Å². The Balaban J connectivity index is 1.80. The Bertz CT molecular complexity index is 920. The van der Waals surface area contributed by atoms with Gasteiger partial charge in [-0.15, -0.1) is 0 Å². The van der Waals surface area contributed by atoms with Crippen LogP contribution in [0, 0.1) is 11.3 Å². The molecule has 1 fully saturated rings. The number of fused-ring (bicyclic) bond motifs is 3. The van der Waals surface area contributed by atoms with Crippen molar-refractivity contribution in [3.05, 3.63) is 34.9 Å². The van der Waals surface area contributed by atoms with Crippen LogP contribution >= 0.6 is 0 Å². The fourth-order valence-electron chi connectivity index (χ4n) is 5.85. The lowest BCUT2D eigenvalue weighted by Crippen LogP contribution is -2.53. The van der Waals surface area contributed by atoms with Gasteiger partial charge in [0.2, 0.25) is 0 Å². The highest BCUT2D eigenvalue weighted by Gasteiger charge is 2.67.